The van der Waals surface area contributed by atoms with Gasteiger partial charge in [-0.15, -0.1) is 0 Å². The number of fused-ring (bicyclic) bond motifs is 1. The lowest BCUT2D eigenvalue weighted by Gasteiger charge is -2.44. The van der Waals surface area contributed by atoms with E-state index < -0.39 is 17.8 Å². The van der Waals surface area contributed by atoms with E-state index in [4.69, 9.17) is 0 Å². The largest absolute Gasteiger partial charge is 0.393 e. The molecule has 3 aliphatic rings. The zero-order chi connectivity index (χ0) is 24.4. The molecule has 7 atom stereocenters. The van der Waals surface area contributed by atoms with Gasteiger partial charge in [0.25, 0.3) is 0 Å². The summed E-state index contributed by atoms with van der Waals surface area (Å²) < 4.78 is 0. The number of hydrogen-bond acceptors (Lipinski definition) is 3. The normalized spacial score (nSPS) is 37.3. The maximum atomic E-state index is 10.6. The topological polar surface area (TPSA) is 60.7 Å². The first-order valence-electron chi connectivity index (χ1n) is 12.7. The number of allylic oxidation sites excluding steroid dienone is 4. The van der Waals surface area contributed by atoms with E-state index >= 15 is 0 Å². The average Bonchev–Trinajstić information content (AvgIpc) is 3.15. The van der Waals surface area contributed by atoms with Gasteiger partial charge in [-0.25, -0.2) is 0 Å². The molecule has 0 aromatic heterocycles. The van der Waals surface area contributed by atoms with E-state index in [9.17, 15) is 15.3 Å². The van der Waals surface area contributed by atoms with Crippen LogP contribution in [0.2, 0.25) is 0 Å². The number of aliphatic hydroxyl groups excluding tert-OH is 2. The highest BCUT2D eigenvalue weighted by Crippen LogP contribution is 2.59. The molecule has 182 valence electrons. The molecule has 3 heteroatoms. The summed E-state index contributed by atoms with van der Waals surface area (Å²) >= 11 is 0. The fourth-order valence-electron chi connectivity index (χ4n) is 6.69. The maximum absolute atomic E-state index is 10.6. The molecule has 0 amide bonds. The monoisotopic (exact) mass is 452 g/mol. The molecule has 3 rings (SSSR count). The number of hydrogen-bond donors (Lipinski definition) is 3. The van der Waals surface area contributed by atoms with Gasteiger partial charge in [-0.3, -0.25) is 0 Å². The van der Waals surface area contributed by atoms with Crippen molar-refractivity contribution in [2.45, 2.75) is 83.5 Å². The predicted octanol–water partition coefficient (Wildman–Crippen LogP) is 6.06. The van der Waals surface area contributed by atoms with Crippen molar-refractivity contribution >= 4 is 0 Å². The van der Waals surface area contributed by atoms with Gasteiger partial charge in [0, 0.05) is 12.3 Å². The fourth-order valence-corrected chi connectivity index (χ4v) is 6.69. The summed E-state index contributed by atoms with van der Waals surface area (Å²) in [5.41, 5.74) is 2.45. The molecule has 1 unspecified atom stereocenters. The molecule has 0 aliphatic heterocycles. The summed E-state index contributed by atoms with van der Waals surface area (Å²) in [5.74, 6) is 1.55. The van der Waals surface area contributed by atoms with Crippen molar-refractivity contribution in [2.24, 2.45) is 29.1 Å². The lowest BCUT2D eigenvalue weighted by molar-refractivity contribution is 0.0862. The van der Waals surface area contributed by atoms with E-state index in [1.807, 2.05) is 6.92 Å². The Labute approximate surface area is 201 Å². The van der Waals surface area contributed by atoms with Crippen LogP contribution < -0.4 is 0 Å². The SMILES string of the molecule is C=CC(O)(C=C)[C@@H](C)/C=C/[C@@H](C)[C@H]1CC[C@H]2/C(=C/C=C3/C[C@@H](O)CC(O)C3=C)CCC[C@]12C. The van der Waals surface area contributed by atoms with Crippen molar-refractivity contribution in [1.82, 2.24) is 0 Å². The van der Waals surface area contributed by atoms with Crippen LogP contribution in [0.3, 0.4) is 0 Å². The van der Waals surface area contributed by atoms with E-state index in [-0.39, 0.29) is 11.3 Å². The second-order valence-corrected chi connectivity index (χ2v) is 11.0. The molecule has 33 heavy (non-hydrogen) atoms. The van der Waals surface area contributed by atoms with Crippen molar-refractivity contribution in [1.29, 1.82) is 0 Å². The standard InChI is InChI=1S/C30H44O3/c1-7-30(33,8-2)21(4)12-11-20(3)26-15-16-27-23(10-9-17-29(26,27)6)13-14-24-18-25(31)19-28(32)22(24)5/h7-8,11-14,20-21,25-28,31-33H,1-2,5,9-10,15-19H2,3-4,6H3/b12-11+,23-13+,24-14-/t20-,21+,25-,26-,27+,28?,29-/m1/s1. The van der Waals surface area contributed by atoms with Crippen molar-refractivity contribution in [3.63, 3.8) is 0 Å². The molecule has 0 bridgehead atoms. The minimum atomic E-state index is -1.07. The van der Waals surface area contributed by atoms with Gasteiger partial charge in [0.15, 0.2) is 0 Å². The van der Waals surface area contributed by atoms with Crippen molar-refractivity contribution in [3.8, 4) is 0 Å². The molecular formula is C30H44O3. The highest BCUT2D eigenvalue weighted by molar-refractivity contribution is 5.38. The van der Waals surface area contributed by atoms with Crippen molar-refractivity contribution in [2.75, 3.05) is 0 Å². The highest BCUT2D eigenvalue weighted by atomic mass is 16.3. The summed E-state index contributed by atoms with van der Waals surface area (Å²) in [6.07, 6.45) is 17.8. The van der Waals surface area contributed by atoms with Gasteiger partial charge in [0.2, 0.25) is 0 Å². The average molecular weight is 453 g/mol. The molecule has 0 spiro atoms. The third kappa shape index (κ3) is 5.21. The lowest BCUT2D eigenvalue weighted by atomic mass is 9.61. The zero-order valence-electron chi connectivity index (χ0n) is 20.8. The molecule has 0 heterocycles. The molecule has 3 N–H and O–H groups in total. The summed E-state index contributed by atoms with van der Waals surface area (Å²) in [4.78, 5) is 0. The third-order valence-corrected chi connectivity index (χ3v) is 9.02. The summed E-state index contributed by atoms with van der Waals surface area (Å²) in [6, 6.07) is 0. The molecule has 0 radical (unpaired) electrons. The first kappa shape index (κ1) is 25.9. The minimum absolute atomic E-state index is 0.0670. The highest BCUT2D eigenvalue weighted by Gasteiger charge is 2.50. The minimum Gasteiger partial charge on any atom is -0.393 e. The van der Waals surface area contributed by atoms with Gasteiger partial charge in [0.1, 0.15) is 5.60 Å². The van der Waals surface area contributed by atoms with Crippen molar-refractivity contribution < 1.29 is 15.3 Å². The lowest BCUT2D eigenvalue weighted by Crippen LogP contribution is -2.35. The molecule has 0 aromatic rings. The molecule has 3 aliphatic carbocycles. The van der Waals surface area contributed by atoms with Crippen LogP contribution in [-0.4, -0.2) is 33.1 Å². The van der Waals surface area contributed by atoms with Gasteiger partial charge in [-0.1, -0.05) is 82.5 Å². The maximum Gasteiger partial charge on any atom is 0.106 e. The van der Waals surface area contributed by atoms with Crippen LogP contribution in [0.15, 0.2) is 72.9 Å². The van der Waals surface area contributed by atoms with Crippen LogP contribution in [0.25, 0.3) is 0 Å². The molecular weight excluding hydrogens is 408 g/mol. The molecule has 0 saturated heterocycles. The Morgan fingerprint density at radius 1 is 1.09 bits per heavy atom. The van der Waals surface area contributed by atoms with Crippen LogP contribution in [-0.2, 0) is 0 Å². The van der Waals surface area contributed by atoms with Crippen molar-refractivity contribution in [3.05, 3.63) is 72.9 Å². The first-order valence-corrected chi connectivity index (χ1v) is 12.7. The van der Waals surface area contributed by atoms with Gasteiger partial charge in [-0.2, -0.15) is 0 Å². The predicted molar refractivity (Wildman–Crippen MR) is 138 cm³/mol. The number of aliphatic hydroxyl groups is 3. The van der Waals surface area contributed by atoms with E-state index in [1.165, 1.54) is 31.3 Å². The van der Waals surface area contributed by atoms with E-state index in [0.717, 1.165) is 17.6 Å². The van der Waals surface area contributed by atoms with Gasteiger partial charge in [-0.05, 0) is 72.8 Å². The Kier molecular flexibility index (Phi) is 8.09. The van der Waals surface area contributed by atoms with Gasteiger partial charge >= 0.3 is 0 Å². The van der Waals surface area contributed by atoms with Gasteiger partial charge in [0.05, 0.1) is 12.2 Å². The van der Waals surface area contributed by atoms with Crippen LogP contribution in [0.5, 0.6) is 0 Å². The molecule has 0 aromatic carbocycles. The Morgan fingerprint density at radius 2 is 1.79 bits per heavy atom. The van der Waals surface area contributed by atoms with Gasteiger partial charge < -0.3 is 15.3 Å². The van der Waals surface area contributed by atoms with Crippen LogP contribution in [0.4, 0.5) is 0 Å². The summed E-state index contributed by atoms with van der Waals surface area (Å²) in [5, 5.41) is 30.9. The van der Waals surface area contributed by atoms with E-state index in [1.54, 1.807) is 12.2 Å². The Hall–Kier alpha value is -1.68. The first-order chi connectivity index (χ1) is 15.6. The van der Waals surface area contributed by atoms with Crippen LogP contribution in [0, 0.1) is 29.1 Å². The third-order valence-electron chi connectivity index (χ3n) is 9.02. The molecule has 3 saturated carbocycles. The Bertz CT molecular complexity index is 839. The van der Waals surface area contributed by atoms with E-state index in [0.29, 0.717) is 30.6 Å². The summed E-state index contributed by atoms with van der Waals surface area (Å²) in [6.45, 7) is 18.4. The smallest absolute Gasteiger partial charge is 0.106 e. The quantitative estimate of drug-likeness (QED) is 0.412. The Balaban J connectivity index is 1.76. The van der Waals surface area contributed by atoms with E-state index in [2.05, 4.69) is 57.9 Å². The Morgan fingerprint density at radius 3 is 2.45 bits per heavy atom. The fraction of sp³-hybridized carbons (Fsp3) is 0.600. The zero-order valence-corrected chi connectivity index (χ0v) is 20.8. The molecule has 3 fully saturated rings. The number of rotatable bonds is 7. The van der Waals surface area contributed by atoms with Crippen LogP contribution in [0.1, 0.15) is 65.7 Å². The second kappa shape index (κ2) is 10.3. The molecule has 3 nitrogen and oxygen atoms in total. The van der Waals surface area contributed by atoms with Crippen LogP contribution >= 0.6 is 0 Å². The summed E-state index contributed by atoms with van der Waals surface area (Å²) in [7, 11) is 0. The second-order valence-electron chi connectivity index (χ2n) is 11.0.